The Bertz CT molecular complexity index is 902. The van der Waals surface area contributed by atoms with Crippen molar-refractivity contribution in [1.82, 2.24) is 29.5 Å². The molecule has 3 heterocycles. The van der Waals surface area contributed by atoms with E-state index in [1.807, 2.05) is 28.0 Å². The minimum atomic E-state index is 0.0724. The van der Waals surface area contributed by atoms with Crippen LogP contribution in [-0.2, 0) is 24.3 Å². The van der Waals surface area contributed by atoms with Crippen LogP contribution in [0.5, 0.6) is 0 Å². The highest BCUT2D eigenvalue weighted by atomic mass is 16.2. The fourth-order valence-corrected chi connectivity index (χ4v) is 4.55. The van der Waals surface area contributed by atoms with E-state index in [1.165, 1.54) is 5.56 Å². The first kappa shape index (κ1) is 21.3. The van der Waals surface area contributed by atoms with Gasteiger partial charge in [0.15, 0.2) is 5.82 Å². The number of hydrogen-bond donors (Lipinski definition) is 0. The van der Waals surface area contributed by atoms with Crippen LogP contribution in [0.15, 0.2) is 30.3 Å². The summed E-state index contributed by atoms with van der Waals surface area (Å²) in [6.07, 6.45) is 4.16. The number of fused-ring (bicyclic) bond motifs is 1. The minimum absolute atomic E-state index is 0.0724. The molecule has 2 aliphatic heterocycles. The van der Waals surface area contributed by atoms with E-state index in [0.717, 1.165) is 57.0 Å². The number of hydrogen-bond acceptors (Lipinski definition) is 4. The molecule has 166 valence electrons. The average Bonchev–Trinajstić information content (AvgIpc) is 3.22. The van der Waals surface area contributed by atoms with E-state index >= 15 is 0 Å². The molecule has 3 amide bonds. The van der Waals surface area contributed by atoms with Gasteiger partial charge in [0.1, 0.15) is 5.82 Å². The molecule has 4 rings (SSSR count). The lowest BCUT2D eigenvalue weighted by Crippen LogP contribution is -2.44. The average molecular weight is 425 g/mol. The zero-order valence-electron chi connectivity index (χ0n) is 18.5. The Morgan fingerprint density at radius 2 is 1.74 bits per heavy atom. The molecule has 8 nitrogen and oxygen atoms in total. The number of rotatable bonds is 5. The maximum Gasteiger partial charge on any atom is 0.319 e. The molecule has 1 fully saturated rings. The van der Waals surface area contributed by atoms with Crippen molar-refractivity contribution in [2.45, 2.75) is 51.1 Å². The molecule has 2 aliphatic rings. The molecular weight excluding hydrogens is 392 g/mol. The molecule has 0 bridgehead atoms. The van der Waals surface area contributed by atoms with Crippen LogP contribution < -0.4 is 0 Å². The predicted octanol–water partition coefficient (Wildman–Crippen LogP) is 2.50. The summed E-state index contributed by atoms with van der Waals surface area (Å²) < 4.78 is 2.20. The Kier molecular flexibility index (Phi) is 6.53. The highest BCUT2D eigenvalue weighted by Crippen LogP contribution is 2.29. The molecule has 2 aromatic rings. The molecule has 0 radical (unpaired) electrons. The molecule has 31 heavy (non-hydrogen) atoms. The monoisotopic (exact) mass is 424 g/mol. The summed E-state index contributed by atoms with van der Waals surface area (Å²) in [6, 6.07) is 10.4. The van der Waals surface area contributed by atoms with E-state index < -0.39 is 0 Å². The number of carbonyl (C=O) groups excluding carboxylic acids is 2. The van der Waals surface area contributed by atoms with Crippen LogP contribution in [0, 0.1) is 0 Å². The molecule has 0 aliphatic carbocycles. The number of likely N-dealkylation sites (tertiary alicyclic amines) is 1. The summed E-state index contributed by atoms with van der Waals surface area (Å²) in [5.74, 6) is 2.41. The number of piperidine rings is 1. The zero-order chi connectivity index (χ0) is 21.8. The van der Waals surface area contributed by atoms with Gasteiger partial charge in [-0.15, -0.1) is 10.2 Å². The molecule has 0 atom stereocenters. The van der Waals surface area contributed by atoms with Crippen LogP contribution in [-0.4, -0.2) is 75.1 Å². The highest BCUT2D eigenvalue weighted by Gasteiger charge is 2.31. The van der Waals surface area contributed by atoms with Gasteiger partial charge in [-0.25, -0.2) is 4.79 Å². The maximum absolute atomic E-state index is 12.7. The van der Waals surface area contributed by atoms with Crippen molar-refractivity contribution in [3.63, 3.8) is 0 Å². The lowest BCUT2D eigenvalue weighted by Gasteiger charge is -2.34. The first-order valence-corrected chi connectivity index (χ1v) is 11.2. The van der Waals surface area contributed by atoms with E-state index in [0.29, 0.717) is 25.4 Å². The van der Waals surface area contributed by atoms with Crippen LogP contribution >= 0.6 is 0 Å². The van der Waals surface area contributed by atoms with Gasteiger partial charge in [-0.05, 0) is 31.2 Å². The van der Waals surface area contributed by atoms with Gasteiger partial charge in [-0.1, -0.05) is 30.3 Å². The summed E-state index contributed by atoms with van der Waals surface area (Å²) in [4.78, 5) is 30.3. The fourth-order valence-electron chi connectivity index (χ4n) is 4.55. The number of benzene rings is 1. The molecule has 1 saturated heterocycles. The van der Waals surface area contributed by atoms with Crippen LogP contribution in [0.4, 0.5) is 4.79 Å². The van der Waals surface area contributed by atoms with Crippen molar-refractivity contribution in [2.75, 3.05) is 33.7 Å². The molecule has 0 unspecified atom stereocenters. The number of aromatic nitrogens is 3. The normalized spacial score (nSPS) is 16.8. The zero-order valence-corrected chi connectivity index (χ0v) is 18.5. The summed E-state index contributed by atoms with van der Waals surface area (Å²) in [6.45, 7) is 3.49. The van der Waals surface area contributed by atoms with Gasteiger partial charge in [-0.2, -0.15) is 0 Å². The van der Waals surface area contributed by atoms with Gasteiger partial charge >= 0.3 is 6.03 Å². The SMILES string of the molecule is CN(C)C(=O)N1CCC(c2nnc3n2CCN(C(=O)CCCc2ccccc2)C3)CC1. The number of urea groups is 1. The van der Waals surface area contributed by atoms with E-state index in [2.05, 4.69) is 26.9 Å². The number of nitrogens with zero attached hydrogens (tertiary/aromatic N) is 6. The van der Waals surface area contributed by atoms with E-state index in [4.69, 9.17) is 0 Å². The highest BCUT2D eigenvalue weighted by molar-refractivity contribution is 5.76. The number of amides is 3. The topological polar surface area (TPSA) is 74.6 Å². The van der Waals surface area contributed by atoms with E-state index in [-0.39, 0.29) is 11.9 Å². The fraction of sp³-hybridized carbons (Fsp3) is 0.565. The summed E-state index contributed by atoms with van der Waals surface area (Å²) in [5.41, 5.74) is 1.27. The first-order chi connectivity index (χ1) is 15.0. The summed E-state index contributed by atoms with van der Waals surface area (Å²) in [7, 11) is 3.58. The molecule has 1 aromatic heterocycles. The Hall–Kier alpha value is -2.90. The van der Waals surface area contributed by atoms with Crippen LogP contribution in [0.25, 0.3) is 0 Å². The predicted molar refractivity (Wildman–Crippen MR) is 117 cm³/mol. The first-order valence-electron chi connectivity index (χ1n) is 11.2. The quantitative estimate of drug-likeness (QED) is 0.739. The van der Waals surface area contributed by atoms with Crippen LogP contribution in [0.3, 0.4) is 0 Å². The standard InChI is InChI=1S/C23H32N6O2/c1-26(2)23(31)27-13-11-19(12-14-27)22-25-24-20-17-28(15-16-29(20)22)21(30)10-6-9-18-7-4-3-5-8-18/h3-5,7-8,19H,6,9-17H2,1-2H3. The second-order valence-corrected chi connectivity index (χ2v) is 8.72. The second-order valence-electron chi connectivity index (χ2n) is 8.72. The maximum atomic E-state index is 12.7. The van der Waals surface area contributed by atoms with Crippen molar-refractivity contribution in [3.8, 4) is 0 Å². The van der Waals surface area contributed by atoms with Gasteiger partial charge in [0, 0.05) is 52.6 Å². The molecule has 0 spiro atoms. The number of aryl methyl sites for hydroxylation is 1. The third-order valence-corrected chi connectivity index (χ3v) is 6.35. The van der Waals surface area contributed by atoms with Crippen LogP contribution in [0.2, 0.25) is 0 Å². The van der Waals surface area contributed by atoms with E-state index in [1.54, 1.807) is 19.0 Å². The number of carbonyl (C=O) groups is 2. The Labute approximate surface area is 183 Å². The lowest BCUT2D eigenvalue weighted by molar-refractivity contribution is -0.132. The molecular formula is C23H32N6O2. The van der Waals surface area contributed by atoms with Crippen molar-refractivity contribution >= 4 is 11.9 Å². The van der Waals surface area contributed by atoms with Gasteiger partial charge in [0.25, 0.3) is 0 Å². The Morgan fingerprint density at radius 3 is 2.45 bits per heavy atom. The molecule has 8 heteroatoms. The minimum Gasteiger partial charge on any atom is -0.333 e. The van der Waals surface area contributed by atoms with Crippen LogP contribution in [0.1, 0.15) is 48.8 Å². The molecule has 1 aromatic carbocycles. The third-order valence-electron chi connectivity index (χ3n) is 6.35. The van der Waals surface area contributed by atoms with E-state index in [9.17, 15) is 9.59 Å². The largest absolute Gasteiger partial charge is 0.333 e. The van der Waals surface area contributed by atoms with Crippen molar-refractivity contribution in [2.24, 2.45) is 0 Å². The van der Waals surface area contributed by atoms with Gasteiger partial charge in [-0.3, -0.25) is 4.79 Å². The molecule has 0 N–H and O–H groups in total. The van der Waals surface area contributed by atoms with Gasteiger partial charge in [0.2, 0.25) is 5.91 Å². The van der Waals surface area contributed by atoms with Crippen molar-refractivity contribution in [3.05, 3.63) is 47.5 Å². The Morgan fingerprint density at radius 1 is 1.00 bits per heavy atom. The van der Waals surface area contributed by atoms with Gasteiger partial charge < -0.3 is 19.3 Å². The second kappa shape index (κ2) is 9.49. The Balaban J connectivity index is 1.29. The third kappa shape index (κ3) is 4.89. The van der Waals surface area contributed by atoms with Crippen molar-refractivity contribution in [1.29, 1.82) is 0 Å². The lowest BCUT2D eigenvalue weighted by atomic mass is 9.96. The smallest absolute Gasteiger partial charge is 0.319 e. The summed E-state index contributed by atoms with van der Waals surface area (Å²) >= 11 is 0. The summed E-state index contributed by atoms with van der Waals surface area (Å²) in [5, 5.41) is 8.89. The molecule has 0 saturated carbocycles. The van der Waals surface area contributed by atoms with Crippen molar-refractivity contribution < 1.29 is 9.59 Å². The van der Waals surface area contributed by atoms with Gasteiger partial charge in [0.05, 0.1) is 6.54 Å².